The van der Waals surface area contributed by atoms with E-state index in [1.165, 1.54) is 0 Å². The van der Waals surface area contributed by atoms with E-state index in [1.54, 1.807) is 12.1 Å². The Morgan fingerprint density at radius 3 is 2.80 bits per heavy atom. The van der Waals surface area contributed by atoms with Gasteiger partial charge in [-0.3, -0.25) is 4.79 Å². The number of amides is 1. The van der Waals surface area contributed by atoms with E-state index in [1.807, 2.05) is 19.9 Å². The topological polar surface area (TPSA) is 55.1 Å². The average molecular weight is 227 g/mol. The molecule has 1 atom stereocenters. The van der Waals surface area contributed by atoms with Crippen LogP contribution in [0.3, 0.4) is 0 Å². The van der Waals surface area contributed by atoms with Gasteiger partial charge in [-0.05, 0) is 31.5 Å². The number of nitrogens with two attached hydrogens (primary N) is 1. The molecule has 3 N–H and O–H groups in total. The van der Waals surface area contributed by atoms with Crippen LogP contribution in [0.5, 0.6) is 0 Å². The Hall–Kier alpha value is -1.06. The second kappa shape index (κ2) is 5.14. The molecule has 0 heterocycles. The highest BCUT2D eigenvalue weighted by Crippen LogP contribution is 2.16. The van der Waals surface area contributed by atoms with Crippen LogP contribution in [0.15, 0.2) is 18.2 Å². The molecule has 0 unspecified atom stereocenters. The fourth-order valence-electron chi connectivity index (χ4n) is 1.10. The third kappa shape index (κ3) is 3.22. The lowest BCUT2D eigenvalue weighted by Crippen LogP contribution is -2.37. The molecule has 3 nitrogen and oxygen atoms in total. The summed E-state index contributed by atoms with van der Waals surface area (Å²) in [7, 11) is 0. The van der Waals surface area contributed by atoms with Crippen molar-refractivity contribution in [2.45, 2.75) is 19.9 Å². The molecule has 1 amide bonds. The number of carbonyl (C=O) groups excluding carboxylic acids is 1. The molecule has 0 fully saturated rings. The van der Waals surface area contributed by atoms with Gasteiger partial charge < -0.3 is 11.1 Å². The maximum absolute atomic E-state index is 11.7. The monoisotopic (exact) mass is 226 g/mol. The quantitative estimate of drug-likeness (QED) is 0.825. The fraction of sp³-hybridized carbons (Fsp3) is 0.364. The number of hydrogen-bond acceptors (Lipinski definition) is 2. The lowest BCUT2D eigenvalue weighted by atomic mass is 10.1. The van der Waals surface area contributed by atoms with Crippen LogP contribution in [-0.4, -0.2) is 18.5 Å². The van der Waals surface area contributed by atoms with Gasteiger partial charge in [-0.1, -0.05) is 17.7 Å². The largest absolute Gasteiger partial charge is 0.348 e. The minimum atomic E-state index is -0.144. The molecular formula is C11H15ClN2O. The van der Waals surface area contributed by atoms with Crippen LogP contribution in [-0.2, 0) is 0 Å². The number of nitrogens with one attached hydrogen (secondary N) is 1. The first kappa shape index (κ1) is 12.0. The van der Waals surface area contributed by atoms with Gasteiger partial charge in [0.2, 0.25) is 0 Å². The summed E-state index contributed by atoms with van der Waals surface area (Å²) in [4.78, 5) is 11.7. The average Bonchev–Trinajstić information content (AvgIpc) is 2.21. The second-order valence-corrected chi connectivity index (χ2v) is 3.98. The number of hydrogen-bond donors (Lipinski definition) is 2. The van der Waals surface area contributed by atoms with Gasteiger partial charge >= 0.3 is 0 Å². The van der Waals surface area contributed by atoms with Crippen molar-refractivity contribution in [3.8, 4) is 0 Å². The maximum Gasteiger partial charge on any atom is 0.251 e. The van der Waals surface area contributed by atoms with Crippen molar-refractivity contribution in [3.63, 3.8) is 0 Å². The summed E-state index contributed by atoms with van der Waals surface area (Å²) in [5.74, 6) is -0.144. The van der Waals surface area contributed by atoms with Crippen LogP contribution < -0.4 is 11.1 Å². The van der Waals surface area contributed by atoms with Crippen LogP contribution in [0.4, 0.5) is 0 Å². The molecule has 0 aromatic heterocycles. The second-order valence-electron chi connectivity index (χ2n) is 3.57. The zero-order valence-corrected chi connectivity index (χ0v) is 9.64. The molecule has 1 aromatic rings. The number of rotatable bonds is 3. The van der Waals surface area contributed by atoms with Gasteiger partial charge in [0.25, 0.3) is 5.91 Å². The van der Waals surface area contributed by atoms with Gasteiger partial charge in [-0.25, -0.2) is 0 Å². The predicted octanol–water partition coefficient (Wildman–Crippen LogP) is 1.73. The van der Waals surface area contributed by atoms with Crippen molar-refractivity contribution < 1.29 is 4.79 Å². The molecule has 0 bridgehead atoms. The van der Waals surface area contributed by atoms with Crippen LogP contribution in [0.25, 0.3) is 0 Å². The maximum atomic E-state index is 11.7. The highest BCUT2D eigenvalue weighted by molar-refractivity contribution is 6.31. The predicted molar refractivity (Wildman–Crippen MR) is 62.2 cm³/mol. The van der Waals surface area contributed by atoms with Crippen LogP contribution >= 0.6 is 11.6 Å². The summed E-state index contributed by atoms with van der Waals surface area (Å²) in [6.45, 7) is 4.17. The van der Waals surface area contributed by atoms with Gasteiger partial charge in [0, 0.05) is 23.2 Å². The Balaban J connectivity index is 2.78. The van der Waals surface area contributed by atoms with Gasteiger partial charge in [0.15, 0.2) is 0 Å². The van der Waals surface area contributed by atoms with E-state index in [0.717, 1.165) is 5.56 Å². The molecule has 82 valence electrons. The number of carbonyl (C=O) groups is 1. The van der Waals surface area contributed by atoms with E-state index in [9.17, 15) is 4.79 Å². The van der Waals surface area contributed by atoms with Crippen molar-refractivity contribution >= 4 is 17.5 Å². The zero-order valence-electron chi connectivity index (χ0n) is 8.88. The third-order valence-corrected chi connectivity index (χ3v) is 2.57. The van der Waals surface area contributed by atoms with Crippen molar-refractivity contribution in [2.24, 2.45) is 5.73 Å². The highest BCUT2D eigenvalue weighted by Gasteiger charge is 2.09. The summed E-state index contributed by atoms with van der Waals surface area (Å²) in [5, 5.41) is 3.37. The molecule has 4 heteroatoms. The van der Waals surface area contributed by atoms with Gasteiger partial charge in [-0.15, -0.1) is 0 Å². The summed E-state index contributed by atoms with van der Waals surface area (Å²) >= 11 is 5.92. The first-order chi connectivity index (χ1) is 7.04. The number of benzene rings is 1. The smallest absolute Gasteiger partial charge is 0.251 e. The van der Waals surface area contributed by atoms with Gasteiger partial charge in [0.1, 0.15) is 0 Å². The van der Waals surface area contributed by atoms with Crippen LogP contribution in [0.1, 0.15) is 22.8 Å². The zero-order chi connectivity index (χ0) is 11.4. The van der Waals surface area contributed by atoms with E-state index in [2.05, 4.69) is 5.32 Å². The lowest BCUT2D eigenvalue weighted by Gasteiger charge is -2.11. The molecule has 15 heavy (non-hydrogen) atoms. The molecule has 0 aliphatic carbocycles. The molecule has 0 saturated carbocycles. The van der Waals surface area contributed by atoms with Gasteiger partial charge in [-0.2, -0.15) is 0 Å². The minimum absolute atomic E-state index is 0.0300. The fourth-order valence-corrected chi connectivity index (χ4v) is 1.28. The molecule has 0 aliphatic heterocycles. The Bertz CT molecular complexity index is 366. The van der Waals surface area contributed by atoms with Crippen molar-refractivity contribution in [1.82, 2.24) is 5.32 Å². The summed E-state index contributed by atoms with van der Waals surface area (Å²) in [6, 6.07) is 5.21. The highest BCUT2D eigenvalue weighted by atomic mass is 35.5. The summed E-state index contributed by atoms with van der Waals surface area (Å²) in [6.07, 6.45) is 0. The van der Waals surface area contributed by atoms with E-state index in [-0.39, 0.29) is 11.9 Å². The standard InChI is InChI=1S/C11H15ClN2O/c1-7-3-4-9(5-10(7)12)11(15)14-8(2)6-13/h3-5,8H,6,13H2,1-2H3,(H,14,15)/t8-/m0/s1. The molecule has 0 saturated heterocycles. The van der Waals surface area contributed by atoms with Crippen LogP contribution in [0, 0.1) is 6.92 Å². The molecule has 1 aromatic carbocycles. The molecule has 0 spiro atoms. The van der Waals surface area contributed by atoms with Gasteiger partial charge in [0.05, 0.1) is 0 Å². The van der Waals surface area contributed by atoms with E-state index in [4.69, 9.17) is 17.3 Å². The first-order valence-corrected chi connectivity index (χ1v) is 5.19. The molecule has 1 rings (SSSR count). The van der Waals surface area contributed by atoms with Crippen molar-refractivity contribution in [2.75, 3.05) is 6.54 Å². The Morgan fingerprint density at radius 2 is 2.27 bits per heavy atom. The Kier molecular flexibility index (Phi) is 4.12. The van der Waals surface area contributed by atoms with Crippen molar-refractivity contribution in [3.05, 3.63) is 34.3 Å². The summed E-state index contributed by atoms with van der Waals surface area (Å²) in [5.41, 5.74) is 6.93. The molecular weight excluding hydrogens is 212 g/mol. The number of halogens is 1. The first-order valence-electron chi connectivity index (χ1n) is 4.81. The van der Waals surface area contributed by atoms with Crippen LogP contribution in [0.2, 0.25) is 5.02 Å². The number of aryl methyl sites for hydroxylation is 1. The minimum Gasteiger partial charge on any atom is -0.348 e. The lowest BCUT2D eigenvalue weighted by molar-refractivity contribution is 0.0941. The molecule has 0 aliphatic rings. The Labute approximate surface area is 94.6 Å². The Morgan fingerprint density at radius 1 is 1.60 bits per heavy atom. The summed E-state index contributed by atoms with van der Waals surface area (Å²) < 4.78 is 0. The SMILES string of the molecule is Cc1ccc(C(=O)N[C@@H](C)CN)cc1Cl. The van der Waals surface area contributed by atoms with E-state index < -0.39 is 0 Å². The third-order valence-electron chi connectivity index (χ3n) is 2.17. The normalized spacial score (nSPS) is 12.3. The van der Waals surface area contributed by atoms with Crippen molar-refractivity contribution in [1.29, 1.82) is 0 Å². The van der Waals surface area contributed by atoms with E-state index in [0.29, 0.717) is 17.1 Å². The molecule has 0 radical (unpaired) electrons. The van der Waals surface area contributed by atoms with E-state index >= 15 is 0 Å².